The zero-order valence-electron chi connectivity index (χ0n) is 17.1. The summed E-state index contributed by atoms with van der Waals surface area (Å²) in [4.78, 5) is 21.8. The van der Waals surface area contributed by atoms with E-state index in [-0.39, 0.29) is 12.5 Å². The Labute approximate surface area is 189 Å². The summed E-state index contributed by atoms with van der Waals surface area (Å²) in [5.41, 5.74) is 4.55. The van der Waals surface area contributed by atoms with Crippen molar-refractivity contribution < 1.29 is 9.53 Å². The van der Waals surface area contributed by atoms with Crippen LogP contribution in [-0.2, 0) is 17.1 Å². The Kier molecular flexibility index (Phi) is 6.44. The van der Waals surface area contributed by atoms with Gasteiger partial charge < -0.3 is 14.6 Å². The molecule has 1 amide bonds. The average molecular weight is 453 g/mol. The van der Waals surface area contributed by atoms with Gasteiger partial charge in [-0.3, -0.25) is 9.78 Å². The van der Waals surface area contributed by atoms with Crippen molar-refractivity contribution in [2.45, 2.75) is 24.4 Å². The quantitative estimate of drug-likeness (QED) is 0.383. The summed E-state index contributed by atoms with van der Waals surface area (Å²) in [5.74, 6) is 1.09. The molecule has 1 N–H and O–H groups in total. The minimum absolute atomic E-state index is 0.0913. The van der Waals surface area contributed by atoms with Crippen molar-refractivity contribution in [3.05, 3.63) is 77.1 Å². The van der Waals surface area contributed by atoms with Crippen molar-refractivity contribution in [1.29, 1.82) is 0 Å². The number of methoxy groups -OCH3 is 1. The number of amides is 1. The van der Waals surface area contributed by atoms with E-state index in [0.29, 0.717) is 16.5 Å². The molecule has 0 radical (unpaired) electrons. The van der Waals surface area contributed by atoms with Gasteiger partial charge in [-0.05, 0) is 36.8 Å². The molecule has 158 valence electrons. The Bertz CT molecular complexity index is 1240. The molecule has 0 aliphatic heterocycles. The van der Waals surface area contributed by atoms with E-state index in [1.165, 1.54) is 11.1 Å². The number of aryl methyl sites for hydroxylation is 1. The summed E-state index contributed by atoms with van der Waals surface area (Å²) >= 11 is 7.67. The van der Waals surface area contributed by atoms with Gasteiger partial charge in [0.25, 0.3) is 0 Å². The number of fused-ring (bicyclic) bond motifs is 1. The van der Waals surface area contributed by atoms with Crippen LogP contribution in [0.15, 0.2) is 66.1 Å². The Morgan fingerprint density at radius 2 is 2.10 bits per heavy atom. The van der Waals surface area contributed by atoms with E-state index >= 15 is 0 Å². The molecule has 2 heterocycles. The molecule has 6 nitrogen and oxygen atoms in total. The Hall–Kier alpha value is -3.03. The zero-order chi connectivity index (χ0) is 21.8. The van der Waals surface area contributed by atoms with Crippen molar-refractivity contribution in [3.8, 4) is 5.75 Å². The highest BCUT2D eigenvalue weighted by Gasteiger charge is 2.16. The number of hydrogen-bond acceptors (Lipinski definition) is 5. The van der Waals surface area contributed by atoms with Crippen molar-refractivity contribution in [1.82, 2.24) is 14.5 Å². The fraction of sp³-hybridized carbons (Fsp3) is 0.174. The average Bonchev–Trinajstić information content (AvgIpc) is 3.10. The van der Waals surface area contributed by atoms with Crippen molar-refractivity contribution >= 4 is 46.0 Å². The van der Waals surface area contributed by atoms with Gasteiger partial charge in [-0.15, -0.1) is 0 Å². The summed E-state index contributed by atoms with van der Waals surface area (Å²) in [5, 5.41) is 4.17. The van der Waals surface area contributed by atoms with Crippen molar-refractivity contribution in [3.63, 3.8) is 0 Å². The third-order valence-corrected chi connectivity index (χ3v) is 5.99. The van der Waals surface area contributed by atoms with Gasteiger partial charge in [0.2, 0.25) is 5.91 Å². The third kappa shape index (κ3) is 5.00. The molecule has 4 aromatic rings. The number of ether oxygens (including phenoxy) is 1. The maximum Gasteiger partial charge on any atom is 0.244 e. The lowest BCUT2D eigenvalue weighted by Crippen LogP contribution is -2.19. The number of carbonyl (C=O) groups excluding carboxylic acids is 1. The molecule has 4 rings (SSSR count). The second kappa shape index (κ2) is 9.41. The molecule has 0 unspecified atom stereocenters. The summed E-state index contributed by atoms with van der Waals surface area (Å²) in [6.07, 6.45) is 3.43. The first-order valence-electron chi connectivity index (χ1n) is 9.65. The van der Waals surface area contributed by atoms with Crippen molar-refractivity contribution in [2.24, 2.45) is 0 Å². The molecule has 0 spiro atoms. The molecular weight excluding hydrogens is 432 g/mol. The molecule has 0 bridgehead atoms. The lowest BCUT2D eigenvalue weighted by atomic mass is 10.2. The predicted octanol–water partition coefficient (Wildman–Crippen LogP) is 5.33. The number of thioether (sulfide) groups is 1. The van der Waals surface area contributed by atoms with E-state index in [9.17, 15) is 4.79 Å². The van der Waals surface area contributed by atoms with E-state index in [0.717, 1.165) is 21.9 Å². The normalized spacial score (nSPS) is 10.9. The topological polar surface area (TPSA) is 69.0 Å². The van der Waals surface area contributed by atoms with Crippen LogP contribution < -0.4 is 10.1 Å². The van der Waals surface area contributed by atoms with Gasteiger partial charge in [-0.25, -0.2) is 4.98 Å². The number of anilines is 1. The van der Waals surface area contributed by atoms with Gasteiger partial charge in [0.15, 0.2) is 5.16 Å². The fourth-order valence-electron chi connectivity index (χ4n) is 3.27. The molecular formula is C23H21ClN4O2S. The molecule has 0 fully saturated rings. The van der Waals surface area contributed by atoms with E-state index in [2.05, 4.69) is 35.4 Å². The Morgan fingerprint density at radius 1 is 1.23 bits per heavy atom. The number of aromatic nitrogens is 3. The van der Waals surface area contributed by atoms with E-state index in [1.807, 2.05) is 16.7 Å². The second-order valence-electron chi connectivity index (χ2n) is 7.02. The van der Waals surface area contributed by atoms with Gasteiger partial charge >= 0.3 is 0 Å². The van der Waals surface area contributed by atoms with Crippen LogP contribution in [0.25, 0.3) is 11.0 Å². The van der Waals surface area contributed by atoms with Crippen LogP contribution in [0.2, 0.25) is 5.02 Å². The standard InChI is InChI=1S/C23H21ClN4O2S/c1-15-4-3-5-16(10-15)14-31-23-27-18-8-9-25-12-20(18)28(23)13-22(29)26-19-11-17(24)6-7-21(19)30-2/h3-12H,13-14H2,1-2H3,(H,26,29). The summed E-state index contributed by atoms with van der Waals surface area (Å²) in [6, 6.07) is 15.3. The first-order valence-corrected chi connectivity index (χ1v) is 11.0. The number of hydrogen-bond donors (Lipinski definition) is 1. The van der Waals surface area contributed by atoms with Crippen LogP contribution in [0.3, 0.4) is 0 Å². The molecule has 8 heteroatoms. The number of pyridine rings is 1. The molecule has 31 heavy (non-hydrogen) atoms. The molecule has 0 aliphatic carbocycles. The maximum atomic E-state index is 12.9. The highest BCUT2D eigenvalue weighted by atomic mass is 35.5. The van der Waals surface area contributed by atoms with Crippen molar-refractivity contribution in [2.75, 3.05) is 12.4 Å². The van der Waals surface area contributed by atoms with Crippen LogP contribution in [0.1, 0.15) is 11.1 Å². The molecule has 0 saturated carbocycles. The largest absolute Gasteiger partial charge is 0.495 e. The number of imidazole rings is 1. The smallest absolute Gasteiger partial charge is 0.244 e. The SMILES string of the molecule is COc1ccc(Cl)cc1NC(=O)Cn1c(SCc2cccc(C)c2)nc2ccncc21. The monoisotopic (exact) mass is 452 g/mol. The zero-order valence-corrected chi connectivity index (χ0v) is 18.7. The van der Waals surface area contributed by atoms with Gasteiger partial charge in [0.05, 0.1) is 30.0 Å². The number of nitrogens with zero attached hydrogens (tertiary/aromatic N) is 3. The first kappa shape index (κ1) is 21.2. The summed E-state index contributed by atoms with van der Waals surface area (Å²) in [6.45, 7) is 2.16. The number of nitrogens with one attached hydrogen (secondary N) is 1. The molecule has 2 aromatic carbocycles. The van der Waals surface area contributed by atoms with E-state index in [1.54, 1.807) is 49.5 Å². The number of halogens is 1. The molecule has 0 saturated heterocycles. The minimum Gasteiger partial charge on any atom is -0.495 e. The highest BCUT2D eigenvalue weighted by Crippen LogP contribution is 2.29. The van der Waals surface area contributed by atoms with Crippen LogP contribution in [0.5, 0.6) is 5.75 Å². The lowest BCUT2D eigenvalue weighted by molar-refractivity contribution is -0.116. The first-order chi connectivity index (χ1) is 15.0. The van der Waals surface area contributed by atoms with Gasteiger partial charge in [-0.2, -0.15) is 0 Å². The van der Waals surface area contributed by atoms with Crippen LogP contribution >= 0.6 is 23.4 Å². The molecule has 0 aliphatic rings. The van der Waals surface area contributed by atoms with E-state index < -0.39 is 0 Å². The summed E-state index contributed by atoms with van der Waals surface area (Å²) in [7, 11) is 1.55. The summed E-state index contributed by atoms with van der Waals surface area (Å²) < 4.78 is 7.21. The lowest BCUT2D eigenvalue weighted by Gasteiger charge is -2.12. The maximum absolute atomic E-state index is 12.9. The number of carbonyl (C=O) groups is 1. The highest BCUT2D eigenvalue weighted by molar-refractivity contribution is 7.98. The van der Waals surface area contributed by atoms with E-state index in [4.69, 9.17) is 21.3 Å². The fourth-order valence-corrected chi connectivity index (χ4v) is 4.40. The third-order valence-electron chi connectivity index (χ3n) is 4.70. The predicted molar refractivity (Wildman–Crippen MR) is 125 cm³/mol. The van der Waals surface area contributed by atoms with Crippen LogP contribution in [0.4, 0.5) is 5.69 Å². The molecule has 0 atom stereocenters. The number of benzene rings is 2. The van der Waals surface area contributed by atoms with Gasteiger partial charge in [0, 0.05) is 17.0 Å². The van der Waals surface area contributed by atoms with Crippen LogP contribution in [-0.4, -0.2) is 27.6 Å². The van der Waals surface area contributed by atoms with Crippen LogP contribution in [0, 0.1) is 6.92 Å². The second-order valence-corrected chi connectivity index (χ2v) is 8.39. The van der Waals surface area contributed by atoms with Gasteiger partial charge in [0.1, 0.15) is 12.3 Å². The Balaban J connectivity index is 1.58. The number of rotatable bonds is 7. The molecule has 2 aromatic heterocycles. The Morgan fingerprint density at radius 3 is 2.90 bits per heavy atom. The minimum atomic E-state index is -0.207. The van der Waals surface area contributed by atoms with Gasteiger partial charge in [-0.1, -0.05) is 53.2 Å².